The van der Waals surface area contributed by atoms with Crippen LogP contribution in [-0.2, 0) is 4.74 Å². The molecule has 0 saturated carbocycles. The van der Waals surface area contributed by atoms with E-state index in [9.17, 15) is 0 Å². The Hall–Kier alpha value is -0.0800. The Morgan fingerprint density at radius 2 is 2.00 bits per heavy atom. The first-order chi connectivity index (χ1) is 4.16. The van der Waals surface area contributed by atoms with Gasteiger partial charge in [0.1, 0.15) is 0 Å². The summed E-state index contributed by atoms with van der Waals surface area (Å²) in [6, 6.07) is 0. The molecule has 9 heavy (non-hydrogen) atoms. The van der Waals surface area contributed by atoms with Crippen LogP contribution in [0.15, 0.2) is 0 Å². The Labute approximate surface area is 56.8 Å². The first-order valence-electron chi connectivity index (χ1n) is 3.46. The summed E-state index contributed by atoms with van der Waals surface area (Å²) in [4.78, 5) is 0. The third kappa shape index (κ3) is 5.80. The summed E-state index contributed by atoms with van der Waals surface area (Å²) < 4.78 is 5.20. The van der Waals surface area contributed by atoms with Gasteiger partial charge in [-0.3, -0.25) is 0 Å². The van der Waals surface area contributed by atoms with Crippen molar-refractivity contribution < 1.29 is 9.84 Å². The minimum Gasteiger partial charge on any atom is -0.391 e. The Balaban J connectivity index is 3.06. The van der Waals surface area contributed by atoms with Crippen molar-refractivity contribution in [2.45, 2.75) is 39.4 Å². The number of rotatable bonds is 4. The standard InChI is InChI=1S/C7H16O2/c1-4-7(3)9-5-6(2)8/h6-8H,4-5H2,1-3H3/t6-,7?/m0/s1. The number of ether oxygens (including phenoxy) is 1. The fourth-order valence-electron chi connectivity index (χ4n) is 0.421. The maximum atomic E-state index is 8.77. The predicted molar refractivity (Wildman–Crippen MR) is 37.4 cm³/mol. The van der Waals surface area contributed by atoms with Crippen molar-refractivity contribution in [1.82, 2.24) is 0 Å². The minimum absolute atomic E-state index is 0.277. The molecule has 56 valence electrons. The van der Waals surface area contributed by atoms with E-state index in [2.05, 4.69) is 6.92 Å². The van der Waals surface area contributed by atoms with Crippen LogP contribution in [-0.4, -0.2) is 23.9 Å². The fourth-order valence-corrected chi connectivity index (χ4v) is 0.421. The van der Waals surface area contributed by atoms with Crippen LogP contribution in [0.2, 0.25) is 0 Å². The highest BCUT2D eigenvalue weighted by atomic mass is 16.5. The van der Waals surface area contributed by atoms with Gasteiger partial charge >= 0.3 is 0 Å². The first-order valence-corrected chi connectivity index (χ1v) is 3.46. The molecule has 0 aromatic rings. The van der Waals surface area contributed by atoms with Crippen molar-refractivity contribution in [3.05, 3.63) is 0 Å². The van der Waals surface area contributed by atoms with Gasteiger partial charge in [-0.2, -0.15) is 0 Å². The van der Waals surface area contributed by atoms with Crippen LogP contribution >= 0.6 is 0 Å². The molecule has 0 radical (unpaired) electrons. The van der Waals surface area contributed by atoms with Crippen molar-refractivity contribution in [1.29, 1.82) is 0 Å². The molecule has 0 aliphatic carbocycles. The highest BCUT2D eigenvalue weighted by molar-refractivity contribution is 4.47. The van der Waals surface area contributed by atoms with Crippen LogP contribution in [0.4, 0.5) is 0 Å². The van der Waals surface area contributed by atoms with Crippen molar-refractivity contribution in [3.8, 4) is 0 Å². The molecule has 0 rings (SSSR count). The molecule has 2 nitrogen and oxygen atoms in total. The lowest BCUT2D eigenvalue weighted by atomic mass is 10.3. The van der Waals surface area contributed by atoms with E-state index in [1.807, 2.05) is 6.92 Å². The quantitative estimate of drug-likeness (QED) is 0.622. The molecule has 0 aromatic carbocycles. The molecule has 2 atom stereocenters. The van der Waals surface area contributed by atoms with Crippen molar-refractivity contribution in [2.24, 2.45) is 0 Å². The number of hydrogen-bond acceptors (Lipinski definition) is 2. The third-order valence-corrected chi connectivity index (χ3v) is 1.20. The van der Waals surface area contributed by atoms with E-state index >= 15 is 0 Å². The molecule has 0 heterocycles. The van der Waals surface area contributed by atoms with Crippen molar-refractivity contribution in [3.63, 3.8) is 0 Å². The summed E-state index contributed by atoms with van der Waals surface area (Å²) in [6.45, 7) is 6.24. The molecular weight excluding hydrogens is 116 g/mol. The van der Waals surface area contributed by atoms with Crippen LogP contribution in [0.5, 0.6) is 0 Å². The Bertz CT molecular complexity index is 61.9. The fraction of sp³-hybridized carbons (Fsp3) is 1.00. The van der Waals surface area contributed by atoms with Gasteiger partial charge in [-0.15, -0.1) is 0 Å². The molecule has 0 bridgehead atoms. The normalized spacial score (nSPS) is 17.3. The van der Waals surface area contributed by atoms with Gasteiger partial charge < -0.3 is 9.84 Å². The predicted octanol–water partition coefficient (Wildman–Crippen LogP) is 1.18. The highest BCUT2D eigenvalue weighted by Gasteiger charge is 1.99. The molecule has 0 fully saturated rings. The van der Waals surface area contributed by atoms with E-state index in [0.29, 0.717) is 6.61 Å². The van der Waals surface area contributed by atoms with E-state index < -0.39 is 0 Å². The van der Waals surface area contributed by atoms with E-state index in [-0.39, 0.29) is 12.2 Å². The molecule has 0 amide bonds. The zero-order valence-electron chi connectivity index (χ0n) is 6.42. The molecule has 0 aromatic heterocycles. The largest absolute Gasteiger partial charge is 0.391 e. The van der Waals surface area contributed by atoms with Crippen LogP contribution in [0.25, 0.3) is 0 Å². The zero-order chi connectivity index (χ0) is 7.28. The molecule has 0 spiro atoms. The maximum Gasteiger partial charge on any atom is 0.0745 e. The van der Waals surface area contributed by atoms with Gasteiger partial charge in [-0.1, -0.05) is 6.92 Å². The monoisotopic (exact) mass is 132 g/mol. The summed E-state index contributed by atoms with van der Waals surface area (Å²) >= 11 is 0. The molecule has 0 saturated heterocycles. The maximum absolute atomic E-state index is 8.77. The molecule has 1 N–H and O–H groups in total. The Morgan fingerprint density at radius 3 is 2.33 bits per heavy atom. The first kappa shape index (κ1) is 8.92. The van der Waals surface area contributed by atoms with Gasteiger partial charge in [0.2, 0.25) is 0 Å². The highest BCUT2D eigenvalue weighted by Crippen LogP contribution is 1.96. The Kier molecular flexibility index (Phi) is 4.72. The van der Waals surface area contributed by atoms with E-state index in [1.54, 1.807) is 6.92 Å². The molecule has 2 heteroatoms. The summed E-state index contributed by atoms with van der Waals surface area (Å²) in [5.74, 6) is 0. The van der Waals surface area contributed by atoms with Gasteiger partial charge in [-0.25, -0.2) is 0 Å². The lowest BCUT2D eigenvalue weighted by Gasteiger charge is -2.11. The van der Waals surface area contributed by atoms with Gasteiger partial charge in [0.15, 0.2) is 0 Å². The average Bonchev–Trinajstić information content (AvgIpc) is 1.83. The van der Waals surface area contributed by atoms with Crippen LogP contribution in [0, 0.1) is 0 Å². The molecule has 0 aliphatic heterocycles. The van der Waals surface area contributed by atoms with E-state index in [0.717, 1.165) is 6.42 Å². The summed E-state index contributed by atoms with van der Waals surface area (Å²) in [5.41, 5.74) is 0. The lowest BCUT2D eigenvalue weighted by molar-refractivity contribution is 0.00420. The van der Waals surface area contributed by atoms with Crippen LogP contribution in [0.1, 0.15) is 27.2 Å². The SMILES string of the molecule is CCC(C)OC[C@H](C)O. The Morgan fingerprint density at radius 1 is 1.44 bits per heavy atom. The topological polar surface area (TPSA) is 29.5 Å². The third-order valence-electron chi connectivity index (χ3n) is 1.20. The van der Waals surface area contributed by atoms with E-state index in [4.69, 9.17) is 9.84 Å². The molecule has 0 aliphatic rings. The molecular formula is C7H16O2. The second-order valence-electron chi connectivity index (χ2n) is 2.40. The van der Waals surface area contributed by atoms with Gasteiger partial charge in [0.25, 0.3) is 0 Å². The smallest absolute Gasteiger partial charge is 0.0745 e. The average molecular weight is 132 g/mol. The van der Waals surface area contributed by atoms with Crippen molar-refractivity contribution >= 4 is 0 Å². The van der Waals surface area contributed by atoms with Gasteiger partial charge in [0, 0.05) is 0 Å². The number of aliphatic hydroxyl groups is 1. The van der Waals surface area contributed by atoms with Crippen molar-refractivity contribution in [2.75, 3.05) is 6.61 Å². The van der Waals surface area contributed by atoms with Crippen LogP contribution < -0.4 is 0 Å². The number of hydrogen-bond donors (Lipinski definition) is 1. The van der Waals surface area contributed by atoms with Gasteiger partial charge in [-0.05, 0) is 20.3 Å². The summed E-state index contributed by atoms with van der Waals surface area (Å²) in [7, 11) is 0. The zero-order valence-corrected chi connectivity index (χ0v) is 6.42. The summed E-state index contributed by atoms with van der Waals surface area (Å²) in [5, 5.41) is 8.77. The van der Waals surface area contributed by atoms with Gasteiger partial charge in [0.05, 0.1) is 18.8 Å². The second kappa shape index (κ2) is 4.77. The lowest BCUT2D eigenvalue weighted by Crippen LogP contribution is -2.16. The minimum atomic E-state index is -0.334. The number of aliphatic hydroxyl groups excluding tert-OH is 1. The summed E-state index contributed by atoms with van der Waals surface area (Å²) in [6.07, 6.45) is 0.950. The van der Waals surface area contributed by atoms with E-state index in [1.165, 1.54) is 0 Å². The van der Waals surface area contributed by atoms with Crippen LogP contribution in [0.3, 0.4) is 0 Å². The molecule has 1 unspecified atom stereocenters. The second-order valence-corrected chi connectivity index (χ2v) is 2.40.